The van der Waals surface area contributed by atoms with Gasteiger partial charge in [0.2, 0.25) is 0 Å². The Hall–Kier alpha value is -1.22. The molecular weight excluding hydrogens is 408 g/mol. The minimum atomic E-state index is -4.20. The van der Waals surface area contributed by atoms with E-state index in [1.807, 2.05) is 4.90 Å². The second-order valence-corrected chi connectivity index (χ2v) is 5.96. The topological polar surface area (TPSA) is 50.8 Å². The van der Waals surface area contributed by atoms with Crippen molar-refractivity contribution in [3.8, 4) is 11.5 Å². The Balaban J connectivity index is 0.00000338. The number of piperazine rings is 1. The highest BCUT2D eigenvalue weighted by atomic mass is 35.5. The fourth-order valence-electron chi connectivity index (χ4n) is 2.98. The molecule has 2 rings (SSSR count). The van der Waals surface area contributed by atoms with E-state index < -0.39 is 18.6 Å². The van der Waals surface area contributed by atoms with Crippen molar-refractivity contribution < 1.29 is 27.4 Å². The summed E-state index contributed by atoms with van der Waals surface area (Å²) in [7, 11) is 1.43. The first-order chi connectivity index (χ1) is 11.8. The van der Waals surface area contributed by atoms with Gasteiger partial charge in [-0.2, -0.15) is 13.2 Å². The van der Waals surface area contributed by atoms with E-state index in [-0.39, 0.29) is 43.0 Å². The van der Waals surface area contributed by atoms with E-state index in [0.29, 0.717) is 18.8 Å². The number of nitrogens with zero attached hydrogens (tertiary/aromatic N) is 1. The Kier molecular flexibility index (Phi) is 11.1. The number of esters is 1. The van der Waals surface area contributed by atoms with E-state index in [2.05, 4.69) is 5.32 Å². The summed E-state index contributed by atoms with van der Waals surface area (Å²) in [4.78, 5) is 13.2. The van der Waals surface area contributed by atoms with Crippen LogP contribution in [0, 0.1) is 0 Å². The summed E-state index contributed by atoms with van der Waals surface area (Å²) in [6.07, 6.45) is -5.08. The number of alkyl halides is 3. The van der Waals surface area contributed by atoms with Gasteiger partial charge in [0.1, 0.15) is 0 Å². The molecule has 0 radical (unpaired) electrons. The van der Waals surface area contributed by atoms with Crippen molar-refractivity contribution in [3.63, 3.8) is 0 Å². The van der Waals surface area contributed by atoms with Gasteiger partial charge in [-0.3, -0.25) is 9.69 Å². The van der Waals surface area contributed by atoms with E-state index >= 15 is 0 Å². The Bertz CT molecular complexity index is 597. The molecule has 0 spiro atoms. The molecule has 1 aliphatic rings. The van der Waals surface area contributed by atoms with Crippen molar-refractivity contribution in [3.05, 3.63) is 23.8 Å². The quantitative estimate of drug-likeness (QED) is 0.547. The van der Waals surface area contributed by atoms with Crippen LogP contribution in [0.1, 0.15) is 31.4 Å². The highest BCUT2D eigenvalue weighted by Gasteiger charge is 2.31. The first-order valence-electron chi connectivity index (χ1n) is 8.18. The lowest BCUT2D eigenvalue weighted by atomic mass is 9.98. The maximum atomic E-state index is 12.7. The van der Waals surface area contributed by atoms with Crippen molar-refractivity contribution in [1.82, 2.24) is 10.2 Å². The number of hydrogen-bond acceptors (Lipinski definition) is 5. The molecule has 10 heteroatoms. The van der Waals surface area contributed by atoms with Crippen LogP contribution in [0.4, 0.5) is 13.2 Å². The molecule has 0 aromatic heterocycles. The largest absolute Gasteiger partial charge is 0.493 e. The van der Waals surface area contributed by atoms with Crippen molar-refractivity contribution >= 4 is 30.8 Å². The number of halogens is 5. The summed E-state index contributed by atoms with van der Waals surface area (Å²) in [5.41, 5.74) is 0.721. The molecule has 0 saturated carbocycles. The molecule has 1 N–H and O–H groups in total. The number of benzene rings is 1. The van der Waals surface area contributed by atoms with Crippen LogP contribution in [0.25, 0.3) is 0 Å². The average Bonchev–Trinajstić information content (AvgIpc) is 2.55. The molecule has 1 heterocycles. The van der Waals surface area contributed by atoms with Crippen molar-refractivity contribution in [1.29, 1.82) is 0 Å². The summed E-state index contributed by atoms with van der Waals surface area (Å²) in [6.45, 7) is 4.11. The van der Waals surface area contributed by atoms with E-state index in [1.165, 1.54) is 14.0 Å². The maximum absolute atomic E-state index is 12.7. The summed E-state index contributed by atoms with van der Waals surface area (Å²) in [5.74, 6) is 0.107. The molecule has 1 fully saturated rings. The average molecular weight is 433 g/mol. The Morgan fingerprint density at radius 1 is 1.22 bits per heavy atom. The number of hydrogen-bond donors (Lipinski definition) is 1. The molecular formula is C17H25Cl2F3N2O3. The van der Waals surface area contributed by atoms with Crippen LogP contribution in [0.3, 0.4) is 0 Å². The summed E-state index contributed by atoms with van der Waals surface area (Å²) in [6, 6.07) is 4.55. The first-order valence-corrected chi connectivity index (χ1v) is 8.18. The second-order valence-electron chi connectivity index (χ2n) is 5.96. The van der Waals surface area contributed by atoms with Crippen LogP contribution in [0.5, 0.6) is 11.5 Å². The molecule has 0 unspecified atom stereocenters. The van der Waals surface area contributed by atoms with Gasteiger partial charge < -0.3 is 14.8 Å². The highest BCUT2D eigenvalue weighted by Crippen LogP contribution is 2.36. The zero-order chi connectivity index (χ0) is 18.4. The zero-order valence-corrected chi connectivity index (χ0v) is 16.8. The smallest absolute Gasteiger partial charge is 0.389 e. The van der Waals surface area contributed by atoms with Crippen molar-refractivity contribution in [2.75, 3.05) is 33.3 Å². The second kappa shape index (κ2) is 11.6. The van der Waals surface area contributed by atoms with Crippen LogP contribution in [0.2, 0.25) is 0 Å². The first kappa shape index (κ1) is 25.8. The summed E-state index contributed by atoms with van der Waals surface area (Å²) < 4.78 is 48.5. The molecule has 1 aromatic rings. The van der Waals surface area contributed by atoms with Gasteiger partial charge in [0.25, 0.3) is 0 Å². The van der Waals surface area contributed by atoms with Gasteiger partial charge in [0, 0.05) is 45.6 Å². The van der Waals surface area contributed by atoms with Crippen LogP contribution in [0.15, 0.2) is 18.2 Å². The van der Waals surface area contributed by atoms with Crippen LogP contribution in [-0.4, -0.2) is 50.3 Å². The third kappa shape index (κ3) is 8.13. The SMILES string of the molecule is COc1cc([C@H](CCC(F)(F)F)N2CCNCC2)ccc1OC(C)=O.Cl.Cl. The minimum Gasteiger partial charge on any atom is -0.493 e. The van der Waals surface area contributed by atoms with Gasteiger partial charge in [0.15, 0.2) is 11.5 Å². The molecule has 1 aromatic carbocycles. The lowest BCUT2D eigenvalue weighted by molar-refractivity contribution is -0.138. The van der Waals surface area contributed by atoms with E-state index in [1.54, 1.807) is 18.2 Å². The normalized spacial score (nSPS) is 15.9. The Morgan fingerprint density at radius 3 is 2.37 bits per heavy atom. The van der Waals surface area contributed by atoms with Crippen molar-refractivity contribution in [2.24, 2.45) is 0 Å². The number of ether oxygens (including phenoxy) is 2. The van der Waals surface area contributed by atoms with Gasteiger partial charge in [-0.1, -0.05) is 6.07 Å². The predicted molar refractivity (Wildman–Crippen MR) is 101 cm³/mol. The zero-order valence-electron chi connectivity index (χ0n) is 15.2. The van der Waals surface area contributed by atoms with E-state index in [0.717, 1.165) is 18.7 Å². The molecule has 27 heavy (non-hydrogen) atoms. The molecule has 1 atom stereocenters. The van der Waals surface area contributed by atoms with E-state index in [9.17, 15) is 18.0 Å². The number of methoxy groups -OCH3 is 1. The highest BCUT2D eigenvalue weighted by molar-refractivity contribution is 5.85. The van der Waals surface area contributed by atoms with Crippen LogP contribution in [-0.2, 0) is 4.79 Å². The molecule has 1 aliphatic heterocycles. The summed E-state index contributed by atoms with van der Waals surface area (Å²) in [5, 5.41) is 3.20. The standard InChI is InChI=1S/C17H23F3N2O3.2ClH/c1-12(23)25-15-4-3-13(11-16(15)24-2)14(5-6-17(18,19)20)22-9-7-21-8-10-22;;/h3-4,11,14,21H,5-10H2,1-2H3;2*1H/t14-;;/m0../s1. The maximum Gasteiger partial charge on any atom is 0.389 e. The molecule has 0 aliphatic carbocycles. The minimum absolute atomic E-state index is 0. The van der Waals surface area contributed by atoms with Crippen LogP contribution >= 0.6 is 24.8 Å². The third-order valence-electron chi connectivity index (χ3n) is 4.12. The lowest BCUT2D eigenvalue weighted by Gasteiger charge is -2.35. The van der Waals surface area contributed by atoms with Crippen LogP contribution < -0.4 is 14.8 Å². The fraction of sp³-hybridized carbons (Fsp3) is 0.588. The monoisotopic (exact) mass is 432 g/mol. The number of carbonyl (C=O) groups excluding carboxylic acids is 1. The number of nitrogens with one attached hydrogen (secondary N) is 1. The van der Waals surface area contributed by atoms with E-state index in [4.69, 9.17) is 9.47 Å². The molecule has 5 nitrogen and oxygen atoms in total. The van der Waals surface area contributed by atoms with Gasteiger partial charge in [-0.15, -0.1) is 24.8 Å². The third-order valence-corrected chi connectivity index (χ3v) is 4.12. The van der Waals surface area contributed by atoms with Gasteiger partial charge in [0.05, 0.1) is 7.11 Å². The van der Waals surface area contributed by atoms with Gasteiger partial charge in [-0.25, -0.2) is 0 Å². The summed E-state index contributed by atoms with van der Waals surface area (Å²) >= 11 is 0. The Labute approximate surface area is 169 Å². The van der Waals surface area contributed by atoms with Gasteiger partial charge in [-0.05, 0) is 24.1 Å². The lowest BCUT2D eigenvalue weighted by Crippen LogP contribution is -2.45. The fourth-order valence-corrected chi connectivity index (χ4v) is 2.98. The number of carbonyl (C=O) groups is 1. The number of rotatable bonds is 6. The van der Waals surface area contributed by atoms with Crippen molar-refractivity contribution in [2.45, 2.75) is 32.0 Å². The molecule has 1 saturated heterocycles. The molecule has 0 bridgehead atoms. The molecule has 0 amide bonds. The van der Waals surface area contributed by atoms with Gasteiger partial charge >= 0.3 is 12.1 Å². The Morgan fingerprint density at radius 2 is 1.85 bits per heavy atom. The molecule has 156 valence electrons. The predicted octanol–water partition coefficient (Wildman–Crippen LogP) is 3.75.